The molecule has 2 aromatic rings. The van der Waals surface area contributed by atoms with Gasteiger partial charge in [0.05, 0.1) is 25.7 Å². The van der Waals surface area contributed by atoms with Gasteiger partial charge in [0.15, 0.2) is 11.5 Å². The Labute approximate surface area is 149 Å². The lowest BCUT2D eigenvalue weighted by Gasteiger charge is -2.24. The number of ether oxygens (including phenoxy) is 2. The number of rotatable bonds is 6. The summed E-state index contributed by atoms with van der Waals surface area (Å²) in [6, 6.07) is 13.2. The van der Waals surface area contributed by atoms with E-state index in [9.17, 15) is 8.42 Å². The molecule has 0 radical (unpaired) electrons. The molecular weight excluding hydrogens is 338 g/mol. The third-order valence-electron chi connectivity index (χ3n) is 4.54. The van der Waals surface area contributed by atoms with Crippen molar-refractivity contribution in [1.82, 2.24) is 0 Å². The second kappa shape index (κ2) is 6.96. The Kier molecular flexibility index (Phi) is 4.90. The molecule has 0 amide bonds. The van der Waals surface area contributed by atoms with Gasteiger partial charge in [-0.05, 0) is 49.1 Å². The number of aryl methyl sites for hydroxylation is 1. The number of nitrogens with zero attached hydrogens (tertiary/aromatic N) is 1. The molecule has 0 saturated carbocycles. The molecule has 0 bridgehead atoms. The maximum absolute atomic E-state index is 12.9. The third kappa shape index (κ3) is 3.44. The highest BCUT2D eigenvalue weighted by atomic mass is 32.2. The predicted molar refractivity (Wildman–Crippen MR) is 99.1 cm³/mol. The van der Waals surface area contributed by atoms with Gasteiger partial charge in [0.2, 0.25) is 10.0 Å². The van der Waals surface area contributed by atoms with Crippen molar-refractivity contribution >= 4 is 15.7 Å². The van der Waals surface area contributed by atoms with Crippen LogP contribution in [0.1, 0.15) is 18.1 Å². The van der Waals surface area contributed by atoms with Crippen molar-refractivity contribution in [2.45, 2.75) is 25.8 Å². The van der Waals surface area contributed by atoms with Crippen LogP contribution in [0.4, 0.5) is 5.69 Å². The molecule has 134 valence electrons. The fraction of sp³-hybridized carbons (Fsp3) is 0.368. The van der Waals surface area contributed by atoms with E-state index in [4.69, 9.17) is 9.47 Å². The molecule has 1 heterocycles. The highest BCUT2D eigenvalue weighted by Gasteiger charge is 2.34. The Morgan fingerprint density at radius 1 is 1.08 bits per heavy atom. The quantitative estimate of drug-likeness (QED) is 0.794. The topological polar surface area (TPSA) is 55.8 Å². The van der Waals surface area contributed by atoms with E-state index in [1.54, 1.807) is 24.6 Å². The zero-order valence-corrected chi connectivity index (χ0v) is 15.5. The van der Waals surface area contributed by atoms with Crippen molar-refractivity contribution in [2.75, 3.05) is 24.3 Å². The van der Waals surface area contributed by atoms with Gasteiger partial charge in [-0.1, -0.05) is 24.3 Å². The molecule has 0 aliphatic carbocycles. The van der Waals surface area contributed by atoms with Crippen molar-refractivity contribution < 1.29 is 17.9 Å². The zero-order valence-electron chi connectivity index (χ0n) is 14.7. The second-order valence-corrected chi connectivity index (χ2v) is 8.20. The first kappa shape index (κ1) is 17.6. The van der Waals surface area contributed by atoms with E-state index >= 15 is 0 Å². The summed E-state index contributed by atoms with van der Waals surface area (Å²) in [6.07, 6.45) is 1.18. The van der Waals surface area contributed by atoms with E-state index in [1.807, 2.05) is 43.3 Å². The summed E-state index contributed by atoms with van der Waals surface area (Å²) in [5.74, 6) is 1.30. The second-order valence-electron chi connectivity index (χ2n) is 6.23. The predicted octanol–water partition coefficient (Wildman–Crippen LogP) is 3.03. The SMILES string of the molecule is COc1ccc(CCS(=O)(=O)N2c3ccccc3CC2C)cc1OC. The van der Waals surface area contributed by atoms with Crippen LogP contribution in [-0.4, -0.2) is 34.4 Å². The van der Waals surface area contributed by atoms with Crippen LogP contribution in [0, 0.1) is 0 Å². The highest BCUT2D eigenvalue weighted by Crippen LogP contribution is 2.34. The van der Waals surface area contributed by atoms with Gasteiger partial charge in [-0.2, -0.15) is 0 Å². The summed E-state index contributed by atoms with van der Waals surface area (Å²) in [4.78, 5) is 0. The average molecular weight is 361 g/mol. The summed E-state index contributed by atoms with van der Waals surface area (Å²) in [5.41, 5.74) is 2.80. The van der Waals surface area contributed by atoms with Gasteiger partial charge in [0.25, 0.3) is 0 Å². The number of anilines is 1. The van der Waals surface area contributed by atoms with Crippen LogP contribution in [-0.2, 0) is 22.9 Å². The Bertz CT molecular complexity index is 863. The van der Waals surface area contributed by atoms with Crippen molar-refractivity contribution in [3.63, 3.8) is 0 Å². The standard InChI is InChI=1S/C19H23NO4S/c1-14-12-16-6-4-5-7-17(16)20(14)25(21,22)11-10-15-8-9-18(23-2)19(13-15)24-3/h4-9,13-14H,10-12H2,1-3H3. The van der Waals surface area contributed by atoms with Crippen molar-refractivity contribution in [3.05, 3.63) is 53.6 Å². The summed E-state index contributed by atoms with van der Waals surface area (Å²) in [5, 5.41) is 0. The molecule has 25 heavy (non-hydrogen) atoms. The summed E-state index contributed by atoms with van der Waals surface area (Å²) in [6.45, 7) is 1.95. The number of hydrogen-bond acceptors (Lipinski definition) is 4. The van der Waals surface area contributed by atoms with Gasteiger partial charge in [-0.3, -0.25) is 4.31 Å². The first-order chi connectivity index (χ1) is 12.0. The van der Waals surface area contributed by atoms with Crippen molar-refractivity contribution in [2.24, 2.45) is 0 Å². The maximum Gasteiger partial charge on any atom is 0.235 e. The number of methoxy groups -OCH3 is 2. The molecule has 0 N–H and O–H groups in total. The van der Waals surface area contributed by atoms with E-state index in [2.05, 4.69) is 0 Å². The largest absolute Gasteiger partial charge is 0.493 e. The fourth-order valence-electron chi connectivity index (χ4n) is 3.34. The third-order valence-corrected chi connectivity index (χ3v) is 6.42. The summed E-state index contributed by atoms with van der Waals surface area (Å²) >= 11 is 0. The Morgan fingerprint density at radius 3 is 2.52 bits per heavy atom. The van der Waals surface area contributed by atoms with Crippen LogP contribution >= 0.6 is 0 Å². The van der Waals surface area contributed by atoms with Crippen molar-refractivity contribution in [1.29, 1.82) is 0 Å². The van der Waals surface area contributed by atoms with Crippen LogP contribution in [0.5, 0.6) is 11.5 Å². The average Bonchev–Trinajstić information content (AvgIpc) is 2.96. The van der Waals surface area contributed by atoms with E-state index in [0.717, 1.165) is 23.2 Å². The van der Waals surface area contributed by atoms with Gasteiger partial charge in [-0.15, -0.1) is 0 Å². The molecule has 3 rings (SSSR count). The molecule has 2 aromatic carbocycles. The molecule has 5 nitrogen and oxygen atoms in total. The molecule has 0 fully saturated rings. The minimum atomic E-state index is -3.39. The normalized spacial score (nSPS) is 16.6. The molecule has 0 aromatic heterocycles. The number of sulfonamides is 1. The van der Waals surface area contributed by atoms with Crippen LogP contribution in [0.25, 0.3) is 0 Å². The van der Waals surface area contributed by atoms with E-state index in [-0.39, 0.29) is 11.8 Å². The smallest absolute Gasteiger partial charge is 0.235 e. The minimum absolute atomic E-state index is 0.0483. The lowest BCUT2D eigenvalue weighted by atomic mass is 10.1. The molecule has 1 aliphatic heterocycles. The Hall–Kier alpha value is -2.21. The number of para-hydroxylation sites is 1. The maximum atomic E-state index is 12.9. The van der Waals surface area contributed by atoms with Crippen LogP contribution in [0.15, 0.2) is 42.5 Å². The number of hydrogen-bond donors (Lipinski definition) is 0. The molecule has 0 saturated heterocycles. The van der Waals surface area contributed by atoms with E-state index in [0.29, 0.717) is 17.9 Å². The Balaban J connectivity index is 1.79. The van der Waals surface area contributed by atoms with Gasteiger partial charge < -0.3 is 9.47 Å². The van der Waals surface area contributed by atoms with E-state index < -0.39 is 10.0 Å². The fourth-order valence-corrected chi connectivity index (χ4v) is 5.13. The van der Waals surface area contributed by atoms with Gasteiger partial charge in [0, 0.05) is 6.04 Å². The number of benzene rings is 2. The molecular formula is C19H23NO4S. The van der Waals surface area contributed by atoms with Gasteiger partial charge in [0.1, 0.15) is 0 Å². The summed E-state index contributed by atoms with van der Waals surface area (Å²) in [7, 11) is -0.247. The monoisotopic (exact) mass is 361 g/mol. The molecule has 6 heteroatoms. The van der Waals surface area contributed by atoms with Gasteiger partial charge >= 0.3 is 0 Å². The first-order valence-electron chi connectivity index (χ1n) is 8.27. The highest BCUT2D eigenvalue weighted by molar-refractivity contribution is 7.92. The van der Waals surface area contributed by atoms with Crippen LogP contribution < -0.4 is 13.8 Å². The molecule has 1 atom stereocenters. The summed E-state index contributed by atoms with van der Waals surface area (Å²) < 4.78 is 37.9. The minimum Gasteiger partial charge on any atom is -0.493 e. The van der Waals surface area contributed by atoms with Crippen LogP contribution in [0.2, 0.25) is 0 Å². The first-order valence-corrected chi connectivity index (χ1v) is 9.88. The van der Waals surface area contributed by atoms with Gasteiger partial charge in [-0.25, -0.2) is 8.42 Å². The Morgan fingerprint density at radius 2 is 1.80 bits per heavy atom. The molecule has 1 aliphatic rings. The molecule has 0 spiro atoms. The lowest BCUT2D eigenvalue weighted by molar-refractivity contribution is 0.354. The number of fused-ring (bicyclic) bond motifs is 1. The van der Waals surface area contributed by atoms with Crippen LogP contribution in [0.3, 0.4) is 0 Å². The zero-order chi connectivity index (χ0) is 18.0. The van der Waals surface area contributed by atoms with E-state index in [1.165, 1.54) is 0 Å². The lowest BCUT2D eigenvalue weighted by Crippen LogP contribution is -2.37. The molecule has 1 unspecified atom stereocenters. The van der Waals surface area contributed by atoms with Crippen molar-refractivity contribution in [3.8, 4) is 11.5 Å².